The van der Waals surface area contributed by atoms with E-state index in [9.17, 15) is 13.2 Å². The summed E-state index contributed by atoms with van der Waals surface area (Å²) in [5.41, 5.74) is 1.42. The minimum atomic E-state index is -4.10. The number of nitrogens with one attached hydrogen (secondary N) is 1. The molecule has 0 spiro atoms. The Kier molecular flexibility index (Phi) is 5.83. The first kappa shape index (κ1) is 20.2. The average Bonchev–Trinajstić information content (AvgIpc) is 2.89. The number of aryl methyl sites for hydroxylation is 1. The molecule has 1 heterocycles. The summed E-state index contributed by atoms with van der Waals surface area (Å²) in [5, 5.41) is 2.49. The molecule has 1 aliphatic rings. The van der Waals surface area contributed by atoms with E-state index in [1.54, 1.807) is 18.2 Å². The van der Waals surface area contributed by atoms with Crippen molar-refractivity contribution in [2.75, 3.05) is 0 Å². The zero-order chi connectivity index (χ0) is 19.8. The number of hydrogen-bond acceptors (Lipinski definition) is 6. The van der Waals surface area contributed by atoms with Gasteiger partial charge in [0, 0.05) is 0 Å². The fourth-order valence-electron chi connectivity index (χ4n) is 2.18. The quantitative estimate of drug-likeness (QED) is 0.410. The number of carbonyl (C=O) groups excluding carboxylic acids is 1. The number of benzene rings is 2. The van der Waals surface area contributed by atoms with Crippen LogP contribution >= 0.6 is 47.2 Å². The molecule has 5 nitrogen and oxygen atoms in total. The van der Waals surface area contributed by atoms with Gasteiger partial charge in [-0.15, -0.1) is 0 Å². The first-order valence-electron chi connectivity index (χ1n) is 7.41. The van der Waals surface area contributed by atoms with Crippen molar-refractivity contribution in [3.63, 3.8) is 0 Å². The molecule has 0 unspecified atom stereocenters. The highest BCUT2D eigenvalue weighted by atomic mass is 35.5. The van der Waals surface area contributed by atoms with E-state index in [1.807, 2.05) is 6.92 Å². The highest BCUT2D eigenvalue weighted by Crippen LogP contribution is 2.37. The Morgan fingerprint density at radius 3 is 2.26 bits per heavy atom. The van der Waals surface area contributed by atoms with Crippen LogP contribution in [0.5, 0.6) is 5.75 Å². The van der Waals surface area contributed by atoms with Crippen molar-refractivity contribution in [3.05, 3.63) is 62.5 Å². The number of hydrogen-bond donors (Lipinski definition) is 1. The van der Waals surface area contributed by atoms with E-state index < -0.39 is 10.1 Å². The van der Waals surface area contributed by atoms with E-state index in [1.165, 1.54) is 24.3 Å². The van der Waals surface area contributed by atoms with E-state index >= 15 is 0 Å². The van der Waals surface area contributed by atoms with Gasteiger partial charge < -0.3 is 9.50 Å². The van der Waals surface area contributed by atoms with Crippen LogP contribution in [0.4, 0.5) is 0 Å². The van der Waals surface area contributed by atoms with Gasteiger partial charge in [-0.1, -0.05) is 64.9 Å². The molecule has 0 saturated carbocycles. The van der Waals surface area contributed by atoms with Gasteiger partial charge in [-0.2, -0.15) is 8.42 Å². The predicted octanol–water partition coefficient (Wildman–Crippen LogP) is 4.56. The Bertz CT molecular complexity index is 1060. The molecule has 1 fully saturated rings. The second-order valence-corrected chi connectivity index (χ2v) is 9.60. The van der Waals surface area contributed by atoms with Gasteiger partial charge in [0.15, 0.2) is 5.75 Å². The number of rotatable bonds is 4. The van der Waals surface area contributed by atoms with Crippen LogP contribution in [0.25, 0.3) is 6.08 Å². The van der Waals surface area contributed by atoms with Crippen molar-refractivity contribution in [2.24, 2.45) is 0 Å². The van der Waals surface area contributed by atoms with Crippen molar-refractivity contribution in [1.29, 1.82) is 0 Å². The third kappa shape index (κ3) is 4.64. The molecule has 0 bridgehead atoms. The van der Waals surface area contributed by atoms with Crippen LogP contribution in [0.1, 0.15) is 11.1 Å². The molecule has 1 saturated heterocycles. The van der Waals surface area contributed by atoms with Gasteiger partial charge in [0.2, 0.25) is 0 Å². The molecule has 10 heteroatoms. The fourth-order valence-corrected chi connectivity index (χ4v) is 4.86. The Hall–Kier alpha value is -1.58. The van der Waals surface area contributed by atoms with Gasteiger partial charge in [0.05, 0.1) is 15.0 Å². The Balaban J connectivity index is 1.92. The molecule has 1 N–H and O–H groups in total. The SMILES string of the molecule is Cc1ccc(S(=O)(=O)Oc2c(Cl)cc(/C=C3\SC(=S)NC3=O)cc2Cl)cc1. The monoisotopic (exact) mass is 459 g/mol. The van der Waals surface area contributed by atoms with E-state index in [-0.39, 0.29) is 26.6 Å². The van der Waals surface area contributed by atoms with Gasteiger partial charge in [0.25, 0.3) is 5.91 Å². The van der Waals surface area contributed by atoms with Gasteiger partial charge in [-0.25, -0.2) is 0 Å². The number of thiocarbonyl (C=S) groups is 1. The third-order valence-electron chi connectivity index (χ3n) is 3.46. The van der Waals surface area contributed by atoms with Gasteiger partial charge in [-0.3, -0.25) is 4.79 Å². The first-order valence-corrected chi connectivity index (χ1v) is 10.8. The van der Waals surface area contributed by atoms with Crippen LogP contribution in [0.2, 0.25) is 10.0 Å². The highest BCUT2D eigenvalue weighted by Gasteiger charge is 2.24. The average molecular weight is 460 g/mol. The minimum Gasteiger partial charge on any atom is -0.376 e. The number of carbonyl (C=O) groups is 1. The van der Waals surface area contributed by atoms with Crippen LogP contribution in [-0.4, -0.2) is 18.6 Å². The molecular weight excluding hydrogens is 449 g/mol. The van der Waals surface area contributed by atoms with Crippen molar-refractivity contribution >= 4 is 73.6 Å². The molecule has 0 atom stereocenters. The lowest BCUT2D eigenvalue weighted by Crippen LogP contribution is -2.17. The zero-order valence-corrected chi connectivity index (χ0v) is 17.6. The van der Waals surface area contributed by atoms with Crippen LogP contribution in [0, 0.1) is 6.92 Å². The summed E-state index contributed by atoms with van der Waals surface area (Å²) in [5.74, 6) is -0.500. The number of amides is 1. The lowest BCUT2D eigenvalue weighted by molar-refractivity contribution is -0.115. The first-order chi connectivity index (χ1) is 12.7. The normalized spacial score (nSPS) is 15.9. The van der Waals surface area contributed by atoms with Crippen molar-refractivity contribution < 1.29 is 17.4 Å². The molecule has 2 aromatic rings. The largest absolute Gasteiger partial charge is 0.376 e. The molecule has 1 amide bonds. The lowest BCUT2D eigenvalue weighted by Gasteiger charge is -2.11. The maximum absolute atomic E-state index is 12.4. The summed E-state index contributed by atoms with van der Waals surface area (Å²) >= 11 is 18.4. The van der Waals surface area contributed by atoms with Crippen LogP contribution < -0.4 is 9.50 Å². The molecular formula is C17H11Cl2NO4S3. The zero-order valence-electron chi connectivity index (χ0n) is 13.7. The van der Waals surface area contributed by atoms with E-state index in [0.29, 0.717) is 14.8 Å². The topological polar surface area (TPSA) is 72.5 Å². The summed E-state index contributed by atoms with van der Waals surface area (Å²) in [7, 11) is -4.10. The smallest absolute Gasteiger partial charge is 0.339 e. The van der Waals surface area contributed by atoms with Crippen molar-refractivity contribution in [3.8, 4) is 5.75 Å². The predicted molar refractivity (Wildman–Crippen MR) is 112 cm³/mol. The molecule has 1 aliphatic heterocycles. The second-order valence-electron chi connectivity index (χ2n) is 5.52. The van der Waals surface area contributed by atoms with E-state index in [2.05, 4.69) is 5.32 Å². The fraction of sp³-hybridized carbons (Fsp3) is 0.0588. The summed E-state index contributed by atoms with van der Waals surface area (Å²) < 4.78 is 30.4. The number of thioether (sulfide) groups is 1. The Morgan fingerprint density at radius 1 is 1.15 bits per heavy atom. The van der Waals surface area contributed by atoms with E-state index in [4.69, 9.17) is 39.6 Å². The maximum Gasteiger partial charge on any atom is 0.339 e. The molecule has 2 aromatic carbocycles. The Morgan fingerprint density at radius 2 is 1.74 bits per heavy atom. The van der Waals surface area contributed by atoms with Crippen LogP contribution in [0.15, 0.2) is 46.2 Å². The molecule has 0 aliphatic carbocycles. The maximum atomic E-state index is 12.4. The van der Waals surface area contributed by atoms with Gasteiger partial charge >= 0.3 is 10.1 Å². The van der Waals surface area contributed by atoms with Crippen LogP contribution in [0.3, 0.4) is 0 Å². The third-order valence-corrected chi connectivity index (χ3v) is 6.42. The van der Waals surface area contributed by atoms with Gasteiger partial charge in [0.1, 0.15) is 9.22 Å². The van der Waals surface area contributed by atoms with E-state index in [0.717, 1.165) is 17.3 Å². The molecule has 140 valence electrons. The summed E-state index contributed by atoms with van der Waals surface area (Å²) in [6.07, 6.45) is 1.55. The summed E-state index contributed by atoms with van der Waals surface area (Å²) in [6, 6.07) is 9.09. The van der Waals surface area contributed by atoms with Gasteiger partial charge in [-0.05, 0) is 42.8 Å². The minimum absolute atomic E-state index is 0.00369. The molecule has 0 radical (unpaired) electrons. The number of halogens is 2. The lowest BCUT2D eigenvalue weighted by atomic mass is 10.2. The standard InChI is InChI=1S/C17H11Cl2NO4S3/c1-9-2-4-11(5-3-9)27(22,23)24-15-12(18)6-10(7-13(15)19)8-14-16(21)20-17(25)26-14/h2-8H,1H3,(H,20,21,25)/b14-8-. The summed E-state index contributed by atoms with van der Waals surface area (Å²) in [4.78, 5) is 12.1. The molecule has 27 heavy (non-hydrogen) atoms. The summed E-state index contributed by atoms with van der Waals surface area (Å²) in [6.45, 7) is 1.84. The molecule has 3 rings (SSSR count). The highest BCUT2D eigenvalue weighted by molar-refractivity contribution is 8.26. The van der Waals surface area contributed by atoms with Crippen molar-refractivity contribution in [2.45, 2.75) is 11.8 Å². The Labute approximate surface area is 175 Å². The molecule has 0 aromatic heterocycles. The van der Waals surface area contributed by atoms with Crippen molar-refractivity contribution in [1.82, 2.24) is 5.32 Å². The second kappa shape index (κ2) is 7.81. The van der Waals surface area contributed by atoms with Crippen LogP contribution in [-0.2, 0) is 14.9 Å².